The van der Waals surface area contributed by atoms with Crippen LogP contribution in [0.4, 0.5) is 5.69 Å². The summed E-state index contributed by atoms with van der Waals surface area (Å²) >= 11 is 5.89. The lowest BCUT2D eigenvalue weighted by atomic mass is 10.2. The highest BCUT2D eigenvalue weighted by Crippen LogP contribution is 2.16. The molecule has 0 aliphatic carbocycles. The summed E-state index contributed by atoms with van der Waals surface area (Å²) in [6.07, 6.45) is 1.53. The number of nitrogens with zero attached hydrogens (tertiary/aromatic N) is 1. The third-order valence-corrected chi connectivity index (χ3v) is 4.25. The maximum absolute atomic E-state index is 12.3. The molecule has 3 aromatic carbocycles. The van der Waals surface area contributed by atoms with Gasteiger partial charge in [0, 0.05) is 23.2 Å². The zero-order valence-electron chi connectivity index (χ0n) is 16.3. The number of nitrogens with one attached hydrogen (secondary N) is 2. The zero-order valence-corrected chi connectivity index (χ0v) is 17.0. The summed E-state index contributed by atoms with van der Waals surface area (Å²) in [5.74, 6) is 0.0978. The maximum Gasteiger partial charge on any atom is 0.271 e. The standard InChI is InChI=1S/C23H20ClN3O3/c1-16(28)26-21-6-3-5-19(13-21)23(29)27-25-14-18-4-2-7-22(12-18)30-15-17-8-10-20(24)11-9-17/h2-14H,15H2,1H3,(H,26,28)(H,27,29)/b25-14-. The van der Waals surface area contributed by atoms with Gasteiger partial charge in [-0.2, -0.15) is 5.10 Å². The number of halogens is 1. The summed E-state index contributed by atoms with van der Waals surface area (Å²) in [7, 11) is 0. The van der Waals surface area contributed by atoms with E-state index in [2.05, 4.69) is 15.8 Å². The molecule has 0 spiro atoms. The Morgan fingerprint density at radius 1 is 1.03 bits per heavy atom. The molecule has 0 aliphatic heterocycles. The third-order valence-electron chi connectivity index (χ3n) is 4.00. The minimum absolute atomic E-state index is 0.205. The second kappa shape index (κ2) is 10.2. The molecule has 0 heterocycles. The molecule has 0 unspecified atom stereocenters. The zero-order chi connectivity index (χ0) is 21.3. The van der Waals surface area contributed by atoms with Crippen molar-refractivity contribution >= 4 is 35.3 Å². The van der Waals surface area contributed by atoms with E-state index >= 15 is 0 Å². The fourth-order valence-corrected chi connectivity index (χ4v) is 2.73. The van der Waals surface area contributed by atoms with Gasteiger partial charge in [-0.25, -0.2) is 5.43 Å². The predicted octanol–water partition coefficient (Wildman–Crippen LogP) is 4.64. The van der Waals surface area contributed by atoms with Crippen molar-refractivity contribution in [2.75, 3.05) is 5.32 Å². The lowest BCUT2D eigenvalue weighted by Crippen LogP contribution is -2.18. The van der Waals surface area contributed by atoms with Gasteiger partial charge in [-0.1, -0.05) is 41.9 Å². The second-order valence-corrected chi connectivity index (χ2v) is 6.89. The van der Waals surface area contributed by atoms with Gasteiger partial charge in [0.2, 0.25) is 5.91 Å². The van der Waals surface area contributed by atoms with Gasteiger partial charge in [-0.3, -0.25) is 9.59 Å². The van der Waals surface area contributed by atoms with Crippen molar-refractivity contribution in [1.82, 2.24) is 5.43 Å². The van der Waals surface area contributed by atoms with Crippen LogP contribution < -0.4 is 15.5 Å². The molecule has 0 aliphatic rings. The van der Waals surface area contributed by atoms with Gasteiger partial charge in [0.1, 0.15) is 12.4 Å². The van der Waals surface area contributed by atoms with Crippen LogP contribution in [0.5, 0.6) is 5.75 Å². The van der Waals surface area contributed by atoms with Crippen LogP contribution in [0.3, 0.4) is 0 Å². The van der Waals surface area contributed by atoms with Crippen molar-refractivity contribution < 1.29 is 14.3 Å². The SMILES string of the molecule is CC(=O)Nc1cccc(C(=O)N/N=C\c2cccc(OCc3ccc(Cl)cc3)c2)c1. The first-order chi connectivity index (χ1) is 14.5. The topological polar surface area (TPSA) is 79.8 Å². The first-order valence-electron chi connectivity index (χ1n) is 9.18. The quantitative estimate of drug-likeness (QED) is 0.430. The molecule has 6 nitrogen and oxygen atoms in total. The smallest absolute Gasteiger partial charge is 0.271 e. The molecule has 0 saturated carbocycles. The summed E-state index contributed by atoms with van der Waals surface area (Å²) in [5.41, 5.74) is 5.19. The average Bonchev–Trinajstić information content (AvgIpc) is 2.73. The Morgan fingerprint density at radius 2 is 1.80 bits per heavy atom. The molecule has 3 aromatic rings. The summed E-state index contributed by atoms with van der Waals surface area (Å²) in [6, 6.07) is 21.4. The van der Waals surface area contributed by atoms with E-state index in [1.54, 1.807) is 24.3 Å². The molecule has 0 saturated heterocycles. The van der Waals surface area contributed by atoms with Crippen LogP contribution in [0.1, 0.15) is 28.4 Å². The van der Waals surface area contributed by atoms with Crippen LogP contribution in [0.25, 0.3) is 0 Å². The normalized spacial score (nSPS) is 10.6. The Balaban J connectivity index is 1.57. The van der Waals surface area contributed by atoms with Gasteiger partial charge >= 0.3 is 0 Å². The van der Waals surface area contributed by atoms with Gasteiger partial charge in [-0.05, 0) is 53.6 Å². The number of carbonyl (C=O) groups is 2. The number of carbonyl (C=O) groups excluding carboxylic acids is 2. The van der Waals surface area contributed by atoms with E-state index in [-0.39, 0.29) is 11.8 Å². The van der Waals surface area contributed by atoms with Crippen molar-refractivity contribution in [3.05, 3.63) is 94.5 Å². The van der Waals surface area contributed by atoms with Crippen molar-refractivity contribution in [3.63, 3.8) is 0 Å². The second-order valence-electron chi connectivity index (χ2n) is 6.45. The van der Waals surface area contributed by atoms with Gasteiger partial charge in [0.25, 0.3) is 5.91 Å². The minimum Gasteiger partial charge on any atom is -0.489 e. The molecule has 2 amide bonds. The Hall–Kier alpha value is -3.64. The summed E-state index contributed by atoms with van der Waals surface area (Å²) < 4.78 is 5.79. The molecule has 30 heavy (non-hydrogen) atoms. The number of ether oxygens (including phenoxy) is 1. The maximum atomic E-state index is 12.3. The van der Waals surface area contributed by atoms with E-state index in [1.165, 1.54) is 13.1 Å². The number of hydrogen-bond acceptors (Lipinski definition) is 4. The van der Waals surface area contributed by atoms with Crippen LogP contribution in [0.15, 0.2) is 77.9 Å². The van der Waals surface area contributed by atoms with Crippen LogP contribution in [0.2, 0.25) is 5.02 Å². The minimum atomic E-state index is -0.381. The van der Waals surface area contributed by atoms with Crippen LogP contribution in [0, 0.1) is 0 Å². The highest BCUT2D eigenvalue weighted by Gasteiger charge is 2.06. The lowest BCUT2D eigenvalue weighted by Gasteiger charge is -2.07. The molecule has 152 valence electrons. The fourth-order valence-electron chi connectivity index (χ4n) is 2.60. The van der Waals surface area contributed by atoms with Crippen LogP contribution >= 0.6 is 11.6 Å². The van der Waals surface area contributed by atoms with E-state index < -0.39 is 0 Å². The molecule has 0 atom stereocenters. The monoisotopic (exact) mass is 421 g/mol. The number of amides is 2. The first kappa shape index (κ1) is 21.1. The van der Waals surface area contributed by atoms with E-state index in [0.29, 0.717) is 28.6 Å². The Kier molecular flexibility index (Phi) is 7.19. The fraction of sp³-hybridized carbons (Fsp3) is 0.0870. The van der Waals surface area contributed by atoms with Gasteiger partial charge in [-0.15, -0.1) is 0 Å². The van der Waals surface area contributed by atoms with Crippen molar-refractivity contribution in [2.24, 2.45) is 5.10 Å². The number of rotatable bonds is 7. The molecule has 0 aromatic heterocycles. The van der Waals surface area contributed by atoms with E-state index in [1.807, 2.05) is 48.5 Å². The molecule has 0 bridgehead atoms. The van der Waals surface area contributed by atoms with Crippen LogP contribution in [-0.2, 0) is 11.4 Å². The summed E-state index contributed by atoms with van der Waals surface area (Å²) in [4.78, 5) is 23.4. The predicted molar refractivity (Wildman–Crippen MR) is 118 cm³/mol. The number of hydrazone groups is 1. The van der Waals surface area contributed by atoms with E-state index in [9.17, 15) is 9.59 Å². The molecular weight excluding hydrogens is 402 g/mol. The summed E-state index contributed by atoms with van der Waals surface area (Å²) in [6.45, 7) is 1.82. The van der Waals surface area contributed by atoms with Crippen molar-refractivity contribution in [3.8, 4) is 5.75 Å². The Bertz CT molecular complexity index is 1070. The average molecular weight is 422 g/mol. The molecule has 0 fully saturated rings. The van der Waals surface area contributed by atoms with Crippen LogP contribution in [-0.4, -0.2) is 18.0 Å². The molecule has 3 rings (SSSR count). The molecule has 7 heteroatoms. The highest BCUT2D eigenvalue weighted by atomic mass is 35.5. The lowest BCUT2D eigenvalue weighted by molar-refractivity contribution is -0.114. The van der Waals surface area contributed by atoms with Gasteiger partial charge in [0.15, 0.2) is 0 Å². The third kappa shape index (κ3) is 6.46. The number of hydrogen-bond donors (Lipinski definition) is 2. The van der Waals surface area contributed by atoms with Gasteiger partial charge in [0.05, 0.1) is 6.21 Å². The largest absolute Gasteiger partial charge is 0.489 e. The molecule has 0 radical (unpaired) electrons. The van der Waals surface area contributed by atoms with Crippen molar-refractivity contribution in [2.45, 2.75) is 13.5 Å². The molecular formula is C23H20ClN3O3. The Labute approximate surface area is 179 Å². The van der Waals surface area contributed by atoms with E-state index in [4.69, 9.17) is 16.3 Å². The van der Waals surface area contributed by atoms with Crippen molar-refractivity contribution in [1.29, 1.82) is 0 Å². The number of anilines is 1. The first-order valence-corrected chi connectivity index (χ1v) is 9.56. The highest BCUT2D eigenvalue weighted by molar-refractivity contribution is 6.30. The summed E-state index contributed by atoms with van der Waals surface area (Å²) in [5, 5.41) is 7.31. The van der Waals surface area contributed by atoms with E-state index in [0.717, 1.165) is 11.1 Å². The Morgan fingerprint density at radius 3 is 2.57 bits per heavy atom. The van der Waals surface area contributed by atoms with Gasteiger partial charge < -0.3 is 10.1 Å². The molecule has 2 N–H and O–H groups in total. The number of benzene rings is 3.